The van der Waals surface area contributed by atoms with E-state index < -0.39 is 5.54 Å². The molecule has 1 fully saturated rings. The summed E-state index contributed by atoms with van der Waals surface area (Å²) in [6, 6.07) is 7.48. The van der Waals surface area contributed by atoms with Crippen molar-refractivity contribution >= 4 is 33.4 Å². The highest BCUT2D eigenvalue weighted by Crippen LogP contribution is 2.34. The van der Waals surface area contributed by atoms with Crippen LogP contribution in [0.25, 0.3) is 0 Å². The maximum atomic E-state index is 12.6. The third kappa shape index (κ3) is 2.93. The molecular weight excluding hydrogens is 328 g/mol. The van der Waals surface area contributed by atoms with Gasteiger partial charge < -0.3 is 4.90 Å². The lowest BCUT2D eigenvalue weighted by atomic mass is 10.0. The number of hydrogen-bond donors (Lipinski definition) is 0. The SMILES string of the molecule is CC(C)(C#N)N(C(=O)c1ccc(Br)c(Cl)c1)C1CC1. The van der Waals surface area contributed by atoms with Crippen molar-refractivity contribution in [2.45, 2.75) is 38.3 Å². The topological polar surface area (TPSA) is 44.1 Å². The summed E-state index contributed by atoms with van der Waals surface area (Å²) in [7, 11) is 0. The van der Waals surface area contributed by atoms with E-state index in [2.05, 4.69) is 22.0 Å². The quantitative estimate of drug-likeness (QED) is 0.834. The summed E-state index contributed by atoms with van der Waals surface area (Å²) in [5, 5.41) is 9.75. The van der Waals surface area contributed by atoms with Crippen LogP contribution in [0.5, 0.6) is 0 Å². The Morgan fingerprint density at radius 2 is 2.16 bits per heavy atom. The predicted octanol–water partition coefficient (Wildman–Crippen LogP) is 4.01. The standard InChI is InChI=1S/C14H14BrClN2O/c1-14(2,8-17)18(10-4-5-10)13(19)9-3-6-11(15)12(16)7-9/h3,6-7,10H,4-5H2,1-2H3. The van der Waals surface area contributed by atoms with Gasteiger partial charge in [0.1, 0.15) is 5.54 Å². The van der Waals surface area contributed by atoms with Crippen LogP contribution in [0.2, 0.25) is 5.02 Å². The van der Waals surface area contributed by atoms with E-state index in [4.69, 9.17) is 11.6 Å². The van der Waals surface area contributed by atoms with Crippen LogP contribution in [0.15, 0.2) is 22.7 Å². The minimum atomic E-state index is -0.808. The molecule has 0 spiro atoms. The second-order valence-corrected chi connectivity index (χ2v) is 6.47. The van der Waals surface area contributed by atoms with Crippen LogP contribution in [-0.2, 0) is 0 Å². The van der Waals surface area contributed by atoms with E-state index in [-0.39, 0.29) is 11.9 Å². The number of hydrogen-bond acceptors (Lipinski definition) is 2. The fourth-order valence-corrected chi connectivity index (χ4v) is 2.46. The average Bonchev–Trinajstić information content (AvgIpc) is 3.17. The van der Waals surface area contributed by atoms with Gasteiger partial charge in [-0.25, -0.2) is 0 Å². The molecule has 0 aliphatic heterocycles. The van der Waals surface area contributed by atoms with Crippen LogP contribution in [0.1, 0.15) is 37.0 Å². The van der Waals surface area contributed by atoms with E-state index in [0.29, 0.717) is 10.6 Å². The van der Waals surface area contributed by atoms with Gasteiger partial charge in [0.05, 0.1) is 11.1 Å². The van der Waals surface area contributed by atoms with Crippen LogP contribution in [-0.4, -0.2) is 22.4 Å². The van der Waals surface area contributed by atoms with Gasteiger partial charge in [-0.05, 0) is 60.8 Å². The fourth-order valence-electron chi connectivity index (χ4n) is 2.03. The van der Waals surface area contributed by atoms with Gasteiger partial charge in [-0.15, -0.1) is 0 Å². The van der Waals surface area contributed by atoms with Crippen molar-refractivity contribution in [2.75, 3.05) is 0 Å². The third-order valence-corrected chi connectivity index (χ3v) is 4.41. The van der Waals surface area contributed by atoms with Crippen LogP contribution in [0.3, 0.4) is 0 Å². The first-order chi connectivity index (χ1) is 8.86. The van der Waals surface area contributed by atoms with Crippen molar-refractivity contribution in [1.29, 1.82) is 5.26 Å². The molecule has 0 unspecified atom stereocenters. The first-order valence-electron chi connectivity index (χ1n) is 6.07. The number of nitrogens with zero attached hydrogens (tertiary/aromatic N) is 2. The monoisotopic (exact) mass is 340 g/mol. The number of amides is 1. The molecule has 100 valence electrons. The maximum Gasteiger partial charge on any atom is 0.255 e. The van der Waals surface area contributed by atoms with E-state index in [0.717, 1.165) is 17.3 Å². The van der Waals surface area contributed by atoms with Crippen molar-refractivity contribution in [1.82, 2.24) is 4.90 Å². The van der Waals surface area contributed by atoms with Gasteiger partial charge in [-0.1, -0.05) is 11.6 Å². The van der Waals surface area contributed by atoms with Gasteiger partial charge in [0.2, 0.25) is 0 Å². The average molecular weight is 342 g/mol. The molecule has 0 N–H and O–H groups in total. The summed E-state index contributed by atoms with van der Waals surface area (Å²) in [6.07, 6.45) is 1.92. The zero-order valence-corrected chi connectivity index (χ0v) is 13.1. The molecule has 1 aliphatic carbocycles. The zero-order chi connectivity index (χ0) is 14.2. The fraction of sp³-hybridized carbons (Fsp3) is 0.429. The molecular formula is C14H14BrClN2O. The molecule has 2 rings (SSSR count). The first kappa shape index (κ1) is 14.4. The molecule has 19 heavy (non-hydrogen) atoms. The van der Waals surface area contributed by atoms with E-state index in [9.17, 15) is 10.1 Å². The minimum Gasteiger partial charge on any atom is -0.317 e. The highest BCUT2D eigenvalue weighted by atomic mass is 79.9. The molecule has 1 amide bonds. The first-order valence-corrected chi connectivity index (χ1v) is 7.24. The molecule has 3 nitrogen and oxygen atoms in total. The van der Waals surface area contributed by atoms with Gasteiger partial charge in [0, 0.05) is 16.1 Å². The molecule has 0 radical (unpaired) electrons. The Labute approximate surface area is 126 Å². The molecule has 1 aromatic rings. The molecule has 1 saturated carbocycles. The molecule has 0 aromatic heterocycles. The van der Waals surface area contributed by atoms with Gasteiger partial charge in [0.15, 0.2) is 0 Å². The van der Waals surface area contributed by atoms with Crippen LogP contribution < -0.4 is 0 Å². The second-order valence-electron chi connectivity index (χ2n) is 5.21. The van der Waals surface area contributed by atoms with Crippen molar-refractivity contribution in [3.05, 3.63) is 33.3 Å². The Morgan fingerprint density at radius 1 is 1.53 bits per heavy atom. The second kappa shape index (κ2) is 5.15. The van der Waals surface area contributed by atoms with Gasteiger partial charge >= 0.3 is 0 Å². The van der Waals surface area contributed by atoms with E-state index in [1.54, 1.807) is 36.9 Å². The molecule has 1 aliphatic rings. The highest BCUT2D eigenvalue weighted by molar-refractivity contribution is 9.10. The number of nitriles is 1. The number of carbonyl (C=O) groups excluding carboxylic acids is 1. The minimum absolute atomic E-state index is 0.136. The molecule has 1 aromatic carbocycles. The molecule has 0 bridgehead atoms. The Hall–Kier alpha value is -1.05. The van der Waals surface area contributed by atoms with Crippen LogP contribution in [0.4, 0.5) is 0 Å². The Morgan fingerprint density at radius 3 is 2.63 bits per heavy atom. The summed E-state index contributed by atoms with van der Waals surface area (Å²) in [5.74, 6) is -0.136. The lowest BCUT2D eigenvalue weighted by Crippen LogP contribution is -2.48. The van der Waals surface area contributed by atoms with Gasteiger partial charge in [-0.2, -0.15) is 5.26 Å². The van der Waals surface area contributed by atoms with E-state index in [1.165, 1.54) is 0 Å². The summed E-state index contributed by atoms with van der Waals surface area (Å²) < 4.78 is 0.753. The van der Waals surface area contributed by atoms with Gasteiger partial charge in [0.25, 0.3) is 5.91 Å². The lowest BCUT2D eigenvalue weighted by molar-refractivity contribution is 0.0615. The number of rotatable bonds is 3. The zero-order valence-electron chi connectivity index (χ0n) is 10.8. The molecule has 0 saturated heterocycles. The summed E-state index contributed by atoms with van der Waals surface area (Å²) in [6.45, 7) is 3.54. The third-order valence-electron chi connectivity index (χ3n) is 3.17. The smallest absolute Gasteiger partial charge is 0.255 e. The molecule has 0 heterocycles. The lowest BCUT2D eigenvalue weighted by Gasteiger charge is -2.33. The normalized spacial score (nSPS) is 14.9. The summed E-state index contributed by atoms with van der Waals surface area (Å²) in [4.78, 5) is 14.3. The van der Waals surface area contributed by atoms with Gasteiger partial charge in [-0.3, -0.25) is 4.79 Å². The Kier molecular flexibility index (Phi) is 3.89. The van der Waals surface area contributed by atoms with E-state index in [1.807, 2.05) is 0 Å². The van der Waals surface area contributed by atoms with Crippen molar-refractivity contribution in [3.8, 4) is 6.07 Å². The van der Waals surface area contributed by atoms with Crippen LogP contribution >= 0.6 is 27.5 Å². The highest BCUT2D eigenvalue weighted by Gasteiger charge is 2.42. The molecule has 5 heteroatoms. The number of carbonyl (C=O) groups is 1. The Bertz CT molecular complexity index is 561. The molecule has 0 atom stereocenters. The number of halogens is 2. The van der Waals surface area contributed by atoms with Crippen LogP contribution in [0, 0.1) is 11.3 Å². The largest absolute Gasteiger partial charge is 0.317 e. The van der Waals surface area contributed by atoms with Crippen molar-refractivity contribution in [2.24, 2.45) is 0 Å². The maximum absolute atomic E-state index is 12.6. The summed E-state index contributed by atoms with van der Waals surface area (Å²) in [5.41, 5.74) is -0.291. The number of benzene rings is 1. The van der Waals surface area contributed by atoms with E-state index >= 15 is 0 Å². The van der Waals surface area contributed by atoms with Crippen molar-refractivity contribution < 1.29 is 4.79 Å². The summed E-state index contributed by atoms with van der Waals surface area (Å²) >= 11 is 9.32. The van der Waals surface area contributed by atoms with Crippen molar-refractivity contribution in [3.63, 3.8) is 0 Å². The Balaban J connectivity index is 2.35. The predicted molar refractivity (Wildman–Crippen MR) is 78.0 cm³/mol.